The van der Waals surface area contributed by atoms with Gasteiger partial charge in [0.25, 0.3) is 0 Å². The van der Waals surface area contributed by atoms with Gasteiger partial charge in [0.05, 0.1) is 0 Å². The van der Waals surface area contributed by atoms with Gasteiger partial charge in [0.1, 0.15) is 5.82 Å². The summed E-state index contributed by atoms with van der Waals surface area (Å²) in [6.07, 6.45) is 4.51. The van der Waals surface area contributed by atoms with E-state index in [1.54, 1.807) is 19.2 Å². The number of hydrogen-bond donors (Lipinski definition) is 2. The molecule has 1 aromatic carbocycles. The fraction of sp³-hybridized carbons (Fsp3) is 0.611. The highest BCUT2D eigenvalue weighted by atomic mass is 19.1. The highest BCUT2D eigenvalue weighted by Gasteiger charge is 2.34. The van der Waals surface area contributed by atoms with Gasteiger partial charge in [-0.2, -0.15) is 0 Å². The molecule has 3 rings (SSSR count). The van der Waals surface area contributed by atoms with Crippen molar-refractivity contribution in [2.24, 2.45) is 10.9 Å². The van der Waals surface area contributed by atoms with Crippen LogP contribution in [0.3, 0.4) is 0 Å². The van der Waals surface area contributed by atoms with Crippen molar-refractivity contribution in [2.75, 3.05) is 33.4 Å². The summed E-state index contributed by atoms with van der Waals surface area (Å²) >= 11 is 0. The lowest BCUT2D eigenvalue weighted by Crippen LogP contribution is -2.48. The number of guanidine groups is 1. The first kappa shape index (κ1) is 16.2. The third kappa shape index (κ3) is 4.22. The summed E-state index contributed by atoms with van der Waals surface area (Å²) in [5, 5.41) is 6.86. The normalized spacial score (nSPS) is 21.0. The topological polar surface area (TPSA) is 45.7 Å². The minimum absolute atomic E-state index is 0.0247. The average molecular weight is 319 g/mol. The van der Waals surface area contributed by atoms with Gasteiger partial charge in [0.2, 0.25) is 0 Å². The molecule has 2 aliphatic rings. The van der Waals surface area contributed by atoms with Gasteiger partial charge in [-0.15, -0.1) is 0 Å². The van der Waals surface area contributed by atoms with Crippen LogP contribution in [0.1, 0.15) is 31.2 Å². The lowest BCUT2D eigenvalue weighted by Gasteiger charge is -2.38. The molecule has 2 fully saturated rings. The van der Waals surface area contributed by atoms with E-state index in [2.05, 4.69) is 15.6 Å². The Hall–Kier alpha value is -1.62. The Morgan fingerprint density at radius 3 is 2.52 bits per heavy atom. The zero-order valence-corrected chi connectivity index (χ0v) is 13.8. The van der Waals surface area contributed by atoms with E-state index >= 15 is 0 Å². The minimum atomic E-state index is -0.189. The molecule has 1 saturated heterocycles. The third-order valence-corrected chi connectivity index (χ3v) is 4.98. The van der Waals surface area contributed by atoms with Crippen LogP contribution in [0.15, 0.2) is 29.3 Å². The summed E-state index contributed by atoms with van der Waals surface area (Å²) in [7, 11) is 1.80. The summed E-state index contributed by atoms with van der Waals surface area (Å²) in [6, 6.07) is 6.91. The van der Waals surface area contributed by atoms with Crippen molar-refractivity contribution in [3.63, 3.8) is 0 Å². The quantitative estimate of drug-likeness (QED) is 0.647. The predicted molar refractivity (Wildman–Crippen MR) is 90.2 cm³/mol. The zero-order chi connectivity index (χ0) is 16.1. The number of benzene rings is 1. The SMILES string of the molecule is CN=C(NCC1CC1)NCC1(c2ccc(F)cc2)CCOCC1. The number of nitrogens with one attached hydrogen (secondary N) is 2. The molecular weight excluding hydrogens is 293 g/mol. The van der Waals surface area contributed by atoms with Crippen LogP contribution in [0.4, 0.5) is 4.39 Å². The Kier molecular flexibility index (Phi) is 5.16. The van der Waals surface area contributed by atoms with E-state index in [9.17, 15) is 4.39 Å². The van der Waals surface area contributed by atoms with Crippen molar-refractivity contribution >= 4 is 5.96 Å². The molecule has 1 aliphatic heterocycles. The lowest BCUT2D eigenvalue weighted by molar-refractivity contribution is 0.0513. The third-order valence-electron chi connectivity index (χ3n) is 4.98. The molecule has 4 nitrogen and oxygen atoms in total. The van der Waals surface area contributed by atoms with Crippen LogP contribution in [0.25, 0.3) is 0 Å². The second-order valence-electron chi connectivity index (χ2n) is 6.65. The molecule has 0 radical (unpaired) electrons. The maximum atomic E-state index is 13.3. The highest BCUT2D eigenvalue weighted by molar-refractivity contribution is 5.79. The number of rotatable bonds is 5. The van der Waals surface area contributed by atoms with Gasteiger partial charge >= 0.3 is 0 Å². The van der Waals surface area contributed by atoms with Gasteiger partial charge in [0.15, 0.2) is 5.96 Å². The summed E-state index contributed by atoms with van der Waals surface area (Å²) in [5.74, 6) is 1.47. The summed E-state index contributed by atoms with van der Waals surface area (Å²) < 4.78 is 18.8. The summed E-state index contributed by atoms with van der Waals surface area (Å²) in [4.78, 5) is 4.31. The van der Waals surface area contributed by atoms with Crippen molar-refractivity contribution in [2.45, 2.75) is 31.1 Å². The zero-order valence-electron chi connectivity index (χ0n) is 13.8. The molecule has 1 heterocycles. The van der Waals surface area contributed by atoms with Crippen LogP contribution in [0.5, 0.6) is 0 Å². The molecule has 1 aliphatic carbocycles. The molecule has 1 saturated carbocycles. The maximum absolute atomic E-state index is 13.3. The highest BCUT2D eigenvalue weighted by Crippen LogP contribution is 2.34. The molecule has 0 atom stereocenters. The van der Waals surface area contributed by atoms with E-state index < -0.39 is 0 Å². The molecule has 23 heavy (non-hydrogen) atoms. The fourth-order valence-corrected chi connectivity index (χ4v) is 3.17. The Labute approximate surface area is 137 Å². The predicted octanol–water partition coefficient (Wildman–Crippen LogP) is 2.45. The van der Waals surface area contributed by atoms with Gasteiger partial charge in [-0.1, -0.05) is 12.1 Å². The van der Waals surface area contributed by atoms with Crippen molar-refractivity contribution in [1.29, 1.82) is 0 Å². The van der Waals surface area contributed by atoms with E-state index in [0.29, 0.717) is 0 Å². The number of hydrogen-bond acceptors (Lipinski definition) is 2. The minimum Gasteiger partial charge on any atom is -0.381 e. The molecule has 2 N–H and O–H groups in total. The second kappa shape index (κ2) is 7.30. The second-order valence-corrected chi connectivity index (χ2v) is 6.65. The summed E-state index contributed by atoms with van der Waals surface area (Å²) in [5.41, 5.74) is 1.15. The lowest BCUT2D eigenvalue weighted by atomic mass is 9.74. The monoisotopic (exact) mass is 319 g/mol. The van der Waals surface area contributed by atoms with Gasteiger partial charge in [-0.05, 0) is 49.3 Å². The molecule has 5 heteroatoms. The largest absolute Gasteiger partial charge is 0.381 e. The van der Waals surface area contributed by atoms with Crippen LogP contribution in [-0.2, 0) is 10.2 Å². The molecule has 0 unspecified atom stereocenters. The number of aliphatic imine (C=N–C) groups is 1. The number of halogens is 1. The Balaban J connectivity index is 1.67. The Morgan fingerprint density at radius 2 is 1.91 bits per heavy atom. The molecule has 0 spiro atoms. The fourth-order valence-electron chi connectivity index (χ4n) is 3.17. The molecule has 0 aromatic heterocycles. The van der Waals surface area contributed by atoms with Crippen molar-refractivity contribution < 1.29 is 9.13 Å². The van der Waals surface area contributed by atoms with Crippen LogP contribution >= 0.6 is 0 Å². The van der Waals surface area contributed by atoms with Gasteiger partial charge < -0.3 is 15.4 Å². The van der Waals surface area contributed by atoms with Crippen LogP contribution in [0, 0.1) is 11.7 Å². The molecule has 126 valence electrons. The van der Waals surface area contributed by atoms with E-state index in [-0.39, 0.29) is 11.2 Å². The number of nitrogens with zero attached hydrogens (tertiary/aromatic N) is 1. The van der Waals surface area contributed by atoms with Crippen LogP contribution in [-0.4, -0.2) is 39.3 Å². The van der Waals surface area contributed by atoms with E-state index in [4.69, 9.17) is 4.74 Å². The van der Waals surface area contributed by atoms with Crippen molar-refractivity contribution in [1.82, 2.24) is 10.6 Å². The van der Waals surface area contributed by atoms with Crippen molar-refractivity contribution in [3.8, 4) is 0 Å². The first-order valence-electron chi connectivity index (χ1n) is 8.50. The smallest absolute Gasteiger partial charge is 0.191 e. The average Bonchev–Trinajstić information content (AvgIpc) is 3.41. The van der Waals surface area contributed by atoms with Gasteiger partial charge in [-0.25, -0.2) is 4.39 Å². The molecule has 0 amide bonds. The molecular formula is C18H26FN3O. The Bertz CT molecular complexity index is 534. The number of ether oxygens (including phenoxy) is 1. The standard InChI is InChI=1S/C18H26FN3O/c1-20-17(21-12-14-2-3-14)22-13-18(8-10-23-11-9-18)15-4-6-16(19)7-5-15/h4-7,14H,2-3,8-13H2,1H3,(H2,20,21,22). The van der Waals surface area contributed by atoms with E-state index in [1.807, 2.05) is 12.1 Å². The van der Waals surface area contributed by atoms with E-state index in [1.165, 1.54) is 18.4 Å². The maximum Gasteiger partial charge on any atom is 0.191 e. The first-order chi connectivity index (χ1) is 11.2. The van der Waals surface area contributed by atoms with E-state index in [0.717, 1.165) is 51.0 Å². The van der Waals surface area contributed by atoms with Crippen LogP contribution in [0.2, 0.25) is 0 Å². The summed E-state index contributed by atoms with van der Waals surface area (Å²) in [6.45, 7) is 3.26. The first-order valence-corrected chi connectivity index (χ1v) is 8.50. The van der Waals surface area contributed by atoms with Crippen LogP contribution < -0.4 is 10.6 Å². The van der Waals surface area contributed by atoms with Gasteiger partial charge in [-0.3, -0.25) is 4.99 Å². The molecule has 0 bridgehead atoms. The Morgan fingerprint density at radius 1 is 1.22 bits per heavy atom. The van der Waals surface area contributed by atoms with Gasteiger partial charge in [0, 0.05) is 38.8 Å². The molecule has 1 aromatic rings. The van der Waals surface area contributed by atoms with Crippen molar-refractivity contribution in [3.05, 3.63) is 35.6 Å².